The molecule has 5 nitrogen and oxygen atoms in total. The number of rotatable bonds is 5. The second-order valence-electron chi connectivity index (χ2n) is 5.56. The van der Waals surface area contributed by atoms with Crippen molar-refractivity contribution in [2.75, 3.05) is 17.2 Å². The summed E-state index contributed by atoms with van der Waals surface area (Å²) in [4.78, 5) is 22.7. The number of nitrogens with one attached hydrogen (secondary N) is 2. The van der Waals surface area contributed by atoms with Crippen LogP contribution in [0.4, 0.5) is 10.5 Å². The lowest BCUT2D eigenvalue weighted by Crippen LogP contribution is -2.33. The number of amides is 2. The standard InChI is InChI=1S/C15H21BrN2O3/c1-15(2,3)21-14(20)17-9-8-11-4-6-12(7-5-11)18-13(19)10-16/h4-7H,8-10H2,1-3H3,(H,17,20)(H,18,19). The number of ether oxygens (including phenoxy) is 1. The minimum absolute atomic E-state index is 0.0886. The van der Waals surface area contributed by atoms with Crippen molar-refractivity contribution in [2.24, 2.45) is 0 Å². The molecular weight excluding hydrogens is 336 g/mol. The van der Waals surface area contributed by atoms with E-state index in [2.05, 4.69) is 26.6 Å². The summed E-state index contributed by atoms with van der Waals surface area (Å²) in [5, 5.41) is 5.72. The van der Waals surface area contributed by atoms with E-state index in [-0.39, 0.29) is 11.2 Å². The van der Waals surface area contributed by atoms with E-state index in [1.807, 2.05) is 45.0 Å². The quantitative estimate of drug-likeness (QED) is 0.796. The van der Waals surface area contributed by atoms with Crippen LogP contribution in [-0.4, -0.2) is 29.5 Å². The first-order valence-electron chi connectivity index (χ1n) is 6.72. The number of hydrogen-bond donors (Lipinski definition) is 2. The third kappa shape index (κ3) is 7.70. The fourth-order valence-corrected chi connectivity index (χ4v) is 1.71. The highest BCUT2D eigenvalue weighted by Gasteiger charge is 2.15. The molecule has 116 valence electrons. The highest BCUT2D eigenvalue weighted by Crippen LogP contribution is 2.10. The van der Waals surface area contributed by atoms with Crippen LogP contribution in [0.15, 0.2) is 24.3 Å². The van der Waals surface area contributed by atoms with E-state index in [0.717, 1.165) is 11.3 Å². The number of anilines is 1. The number of carbonyl (C=O) groups is 2. The Bertz CT molecular complexity index is 481. The topological polar surface area (TPSA) is 67.4 Å². The van der Waals surface area contributed by atoms with Gasteiger partial charge in [0.2, 0.25) is 5.91 Å². The zero-order valence-electron chi connectivity index (χ0n) is 12.5. The van der Waals surface area contributed by atoms with Gasteiger partial charge in [-0.15, -0.1) is 0 Å². The second-order valence-corrected chi connectivity index (χ2v) is 6.12. The van der Waals surface area contributed by atoms with Crippen LogP contribution >= 0.6 is 15.9 Å². The molecule has 0 saturated heterocycles. The van der Waals surface area contributed by atoms with E-state index < -0.39 is 11.7 Å². The summed E-state index contributed by atoms with van der Waals surface area (Å²) >= 11 is 3.09. The van der Waals surface area contributed by atoms with Crippen molar-refractivity contribution >= 4 is 33.6 Å². The maximum atomic E-state index is 11.5. The van der Waals surface area contributed by atoms with Crippen LogP contribution in [0.5, 0.6) is 0 Å². The maximum absolute atomic E-state index is 11.5. The van der Waals surface area contributed by atoms with Gasteiger partial charge in [0.05, 0.1) is 5.33 Å². The van der Waals surface area contributed by atoms with Crippen molar-refractivity contribution in [3.8, 4) is 0 Å². The minimum Gasteiger partial charge on any atom is -0.444 e. The normalized spacial score (nSPS) is 10.9. The molecule has 0 saturated carbocycles. The van der Waals surface area contributed by atoms with Gasteiger partial charge < -0.3 is 15.4 Å². The first kappa shape index (κ1) is 17.5. The number of hydrogen-bond acceptors (Lipinski definition) is 3. The molecule has 0 aliphatic heterocycles. The molecule has 6 heteroatoms. The van der Waals surface area contributed by atoms with Gasteiger partial charge in [-0.25, -0.2) is 4.79 Å². The monoisotopic (exact) mass is 356 g/mol. The molecule has 2 amide bonds. The van der Waals surface area contributed by atoms with Gasteiger partial charge >= 0.3 is 6.09 Å². The van der Waals surface area contributed by atoms with E-state index >= 15 is 0 Å². The number of carbonyl (C=O) groups excluding carboxylic acids is 2. The summed E-state index contributed by atoms with van der Waals surface area (Å²) in [7, 11) is 0. The van der Waals surface area contributed by atoms with Crippen LogP contribution in [0.25, 0.3) is 0 Å². The van der Waals surface area contributed by atoms with Crippen molar-refractivity contribution in [3.63, 3.8) is 0 Å². The van der Waals surface area contributed by atoms with Crippen LogP contribution in [0, 0.1) is 0 Å². The van der Waals surface area contributed by atoms with Crippen molar-refractivity contribution in [1.29, 1.82) is 0 Å². The molecule has 1 aromatic carbocycles. The Labute approximate surface area is 133 Å². The van der Waals surface area contributed by atoms with E-state index in [1.54, 1.807) is 0 Å². The summed E-state index contributed by atoms with van der Waals surface area (Å²) in [6.45, 7) is 5.98. The highest BCUT2D eigenvalue weighted by atomic mass is 79.9. The third-order valence-corrected chi connectivity index (χ3v) is 2.95. The molecule has 0 bridgehead atoms. The van der Waals surface area contributed by atoms with Crippen molar-refractivity contribution in [2.45, 2.75) is 32.8 Å². The van der Waals surface area contributed by atoms with Crippen LogP contribution in [0.3, 0.4) is 0 Å². The number of benzene rings is 1. The lowest BCUT2D eigenvalue weighted by atomic mass is 10.1. The van der Waals surface area contributed by atoms with Gasteiger partial charge in [-0.05, 0) is 44.9 Å². The first-order chi connectivity index (χ1) is 9.80. The maximum Gasteiger partial charge on any atom is 0.407 e. The largest absolute Gasteiger partial charge is 0.444 e. The zero-order valence-corrected chi connectivity index (χ0v) is 14.1. The summed E-state index contributed by atoms with van der Waals surface area (Å²) in [6, 6.07) is 7.51. The third-order valence-electron chi connectivity index (χ3n) is 2.44. The smallest absolute Gasteiger partial charge is 0.407 e. The first-order valence-corrected chi connectivity index (χ1v) is 7.84. The number of halogens is 1. The summed E-state index contributed by atoms with van der Waals surface area (Å²) < 4.78 is 5.15. The van der Waals surface area contributed by atoms with E-state index in [9.17, 15) is 9.59 Å². The second kappa shape index (κ2) is 8.02. The number of alkyl carbamates (subject to hydrolysis) is 1. The molecule has 0 aromatic heterocycles. The van der Waals surface area contributed by atoms with Crippen LogP contribution in [-0.2, 0) is 16.0 Å². The molecule has 2 N–H and O–H groups in total. The average Bonchev–Trinajstić information content (AvgIpc) is 2.38. The molecule has 0 fully saturated rings. The number of alkyl halides is 1. The van der Waals surface area contributed by atoms with E-state index in [0.29, 0.717) is 13.0 Å². The van der Waals surface area contributed by atoms with E-state index in [1.165, 1.54) is 0 Å². The van der Waals surface area contributed by atoms with Crippen molar-refractivity contribution in [3.05, 3.63) is 29.8 Å². The fraction of sp³-hybridized carbons (Fsp3) is 0.467. The molecule has 0 aliphatic rings. The molecule has 0 heterocycles. The van der Waals surface area contributed by atoms with Gasteiger partial charge in [0.1, 0.15) is 5.60 Å². The summed E-state index contributed by atoms with van der Waals surface area (Å²) in [6.07, 6.45) is 0.287. The molecular formula is C15H21BrN2O3. The molecule has 0 aliphatic carbocycles. The van der Waals surface area contributed by atoms with Crippen LogP contribution in [0.1, 0.15) is 26.3 Å². The SMILES string of the molecule is CC(C)(C)OC(=O)NCCc1ccc(NC(=O)CBr)cc1. The Kier molecular flexibility index (Phi) is 6.68. The van der Waals surface area contributed by atoms with Crippen LogP contribution in [0.2, 0.25) is 0 Å². The summed E-state index contributed by atoms with van der Waals surface area (Å²) in [5.74, 6) is -0.0886. The Morgan fingerprint density at radius 2 is 1.81 bits per heavy atom. The zero-order chi connectivity index (χ0) is 15.9. The molecule has 1 aromatic rings. The Hall–Kier alpha value is -1.56. The molecule has 0 atom stereocenters. The average molecular weight is 357 g/mol. The lowest BCUT2D eigenvalue weighted by Gasteiger charge is -2.19. The summed E-state index contributed by atoms with van der Waals surface area (Å²) in [5.41, 5.74) is 1.34. The van der Waals surface area contributed by atoms with Crippen molar-refractivity contribution < 1.29 is 14.3 Å². The van der Waals surface area contributed by atoms with Gasteiger partial charge in [0.25, 0.3) is 0 Å². The minimum atomic E-state index is -0.487. The van der Waals surface area contributed by atoms with Gasteiger partial charge in [-0.3, -0.25) is 4.79 Å². The van der Waals surface area contributed by atoms with Gasteiger partial charge in [-0.2, -0.15) is 0 Å². The Morgan fingerprint density at radius 1 is 1.19 bits per heavy atom. The molecule has 21 heavy (non-hydrogen) atoms. The molecule has 1 rings (SSSR count). The molecule has 0 radical (unpaired) electrons. The molecule has 0 spiro atoms. The van der Waals surface area contributed by atoms with Gasteiger partial charge in [0, 0.05) is 12.2 Å². The Balaban J connectivity index is 2.36. The lowest BCUT2D eigenvalue weighted by molar-refractivity contribution is -0.113. The fourth-order valence-electron chi connectivity index (χ4n) is 1.57. The van der Waals surface area contributed by atoms with E-state index in [4.69, 9.17) is 4.74 Å². The predicted molar refractivity (Wildman–Crippen MR) is 86.8 cm³/mol. The predicted octanol–water partition coefficient (Wildman–Crippen LogP) is 3.09. The highest BCUT2D eigenvalue weighted by molar-refractivity contribution is 9.09. The molecule has 0 unspecified atom stereocenters. The van der Waals surface area contributed by atoms with Crippen LogP contribution < -0.4 is 10.6 Å². The van der Waals surface area contributed by atoms with Gasteiger partial charge in [0.15, 0.2) is 0 Å². The Morgan fingerprint density at radius 3 is 2.33 bits per heavy atom. The van der Waals surface area contributed by atoms with Crippen molar-refractivity contribution in [1.82, 2.24) is 5.32 Å². The van der Waals surface area contributed by atoms with Gasteiger partial charge in [-0.1, -0.05) is 28.1 Å².